The molecule has 0 radical (unpaired) electrons. The van der Waals surface area contributed by atoms with Gasteiger partial charge in [0.25, 0.3) is 0 Å². The average molecular weight is 358 g/mol. The number of nitrogens with two attached hydrogens (primary N) is 1. The van der Waals surface area contributed by atoms with Crippen molar-refractivity contribution in [2.75, 3.05) is 12.3 Å². The lowest BCUT2D eigenvalue weighted by Crippen LogP contribution is -2.22. The van der Waals surface area contributed by atoms with Crippen LogP contribution < -0.4 is 11.1 Å². The Kier molecular flexibility index (Phi) is 5.03. The van der Waals surface area contributed by atoms with Crippen molar-refractivity contribution in [3.63, 3.8) is 0 Å². The summed E-state index contributed by atoms with van der Waals surface area (Å²) in [4.78, 5) is 19.9. The molecule has 0 aromatic carbocycles. The van der Waals surface area contributed by atoms with Crippen LogP contribution in [-0.4, -0.2) is 22.3 Å². The summed E-state index contributed by atoms with van der Waals surface area (Å²) in [5.74, 6) is 0.0185. The molecule has 3 N–H and O–H groups in total. The van der Waals surface area contributed by atoms with E-state index in [2.05, 4.69) is 21.9 Å². The number of nitrogen functional groups attached to an aromatic ring is 1. The third kappa shape index (κ3) is 3.38. The maximum atomic E-state index is 9.69. The molecule has 0 saturated carbocycles. The van der Waals surface area contributed by atoms with Gasteiger partial charge in [-0.25, -0.2) is 4.98 Å². The van der Waals surface area contributed by atoms with E-state index in [9.17, 15) is 4.79 Å². The first-order chi connectivity index (χ1) is 11.6. The Balaban J connectivity index is 0.000000300. The number of carbonyl (C=O) groups is 1. The van der Waals surface area contributed by atoms with E-state index in [-0.39, 0.29) is 5.78 Å². The minimum Gasteiger partial charge on any atom is -0.390 e. The lowest BCUT2D eigenvalue weighted by Gasteiger charge is -2.13. The normalized spacial score (nSPS) is 13.0. The fourth-order valence-electron chi connectivity index (χ4n) is 2.48. The van der Waals surface area contributed by atoms with Crippen LogP contribution in [0.2, 0.25) is 0 Å². The van der Waals surface area contributed by atoms with Gasteiger partial charge in [0, 0.05) is 23.2 Å². The number of anilines is 1. The van der Waals surface area contributed by atoms with Crippen LogP contribution in [-0.2, 0) is 17.8 Å². The Morgan fingerprint density at radius 3 is 2.96 bits per heavy atom. The van der Waals surface area contributed by atoms with Crippen molar-refractivity contribution >= 4 is 43.7 Å². The number of thiazole rings is 1. The Morgan fingerprint density at radius 2 is 2.25 bits per heavy atom. The van der Waals surface area contributed by atoms with E-state index in [0.717, 1.165) is 40.6 Å². The minimum absolute atomic E-state index is 0.0185. The Morgan fingerprint density at radius 1 is 1.46 bits per heavy atom. The fraction of sp³-hybridized carbons (Fsp3) is 0.235. The maximum absolute atomic E-state index is 9.69. The van der Waals surface area contributed by atoms with E-state index in [0.29, 0.717) is 0 Å². The Bertz CT molecular complexity index is 864. The quantitative estimate of drug-likeness (QED) is 0.686. The number of allylic oxidation sites excluding steroid dienone is 1. The second-order valence-electron chi connectivity index (χ2n) is 5.35. The van der Waals surface area contributed by atoms with Gasteiger partial charge in [-0.3, -0.25) is 9.78 Å². The van der Waals surface area contributed by atoms with E-state index in [1.807, 2.05) is 12.3 Å². The predicted octanol–water partition coefficient (Wildman–Crippen LogP) is 3.41. The van der Waals surface area contributed by atoms with E-state index in [1.165, 1.54) is 28.1 Å². The van der Waals surface area contributed by atoms with Gasteiger partial charge >= 0.3 is 0 Å². The van der Waals surface area contributed by atoms with Gasteiger partial charge in [-0.2, -0.15) is 0 Å². The molecule has 24 heavy (non-hydrogen) atoms. The molecule has 0 amide bonds. The summed E-state index contributed by atoms with van der Waals surface area (Å²) in [5.41, 5.74) is 9.71. The van der Waals surface area contributed by atoms with Crippen LogP contribution >= 0.6 is 22.7 Å². The molecule has 1 aliphatic heterocycles. The van der Waals surface area contributed by atoms with Gasteiger partial charge in [-0.1, -0.05) is 6.58 Å². The van der Waals surface area contributed by atoms with Crippen molar-refractivity contribution in [3.8, 4) is 10.6 Å². The number of hydrogen-bond donors (Lipinski definition) is 2. The monoisotopic (exact) mass is 358 g/mol. The van der Waals surface area contributed by atoms with E-state index in [4.69, 9.17) is 5.73 Å². The molecule has 0 unspecified atom stereocenters. The highest BCUT2D eigenvalue weighted by molar-refractivity contribution is 7.22. The fourth-order valence-corrected chi connectivity index (χ4v) is 4.65. The molecular weight excluding hydrogens is 340 g/mol. The number of rotatable bonds is 2. The number of thiophene rings is 1. The van der Waals surface area contributed by atoms with Crippen LogP contribution in [0.5, 0.6) is 0 Å². The number of nitrogens with one attached hydrogen (secondary N) is 1. The highest BCUT2D eigenvalue weighted by Gasteiger charge is 2.22. The number of hydrogen-bond acceptors (Lipinski definition) is 7. The summed E-state index contributed by atoms with van der Waals surface area (Å²) in [6.45, 7) is 6.62. The molecule has 0 saturated heterocycles. The molecule has 3 aromatic rings. The van der Waals surface area contributed by atoms with Crippen LogP contribution in [0, 0.1) is 0 Å². The molecule has 1 aliphatic rings. The highest BCUT2D eigenvalue weighted by atomic mass is 32.1. The lowest BCUT2D eigenvalue weighted by molar-refractivity contribution is -0.112. The third-order valence-electron chi connectivity index (χ3n) is 3.65. The molecule has 3 aromatic heterocycles. The predicted molar refractivity (Wildman–Crippen MR) is 101 cm³/mol. The van der Waals surface area contributed by atoms with Crippen LogP contribution in [0.3, 0.4) is 0 Å². The maximum Gasteiger partial charge on any atom is 0.152 e. The zero-order valence-corrected chi connectivity index (χ0v) is 15.0. The molecule has 7 heteroatoms. The van der Waals surface area contributed by atoms with Crippen LogP contribution in [0.25, 0.3) is 20.8 Å². The smallest absolute Gasteiger partial charge is 0.152 e. The largest absolute Gasteiger partial charge is 0.390 e. The third-order valence-corrected chi connectivity index (χ3v) is 5.76. The van der Waals surface area contributed by atoms with Crippen LogP contribution in [0.1, 0.15) is 17.4 Å². The van der Waals surface area contributed by atoms with Crippen molar-refractivity contribution in [2.24, 2.45) is 0 Å². The number of fused-ring (bicyclic) bond motifs is 2. The summed E-state index contributed by atoms with van der Waals surface area (Å²) < 4.78 is 1.17. The highest BCUT2D eigenvalue weighted by Crippen LogP contribution is 2.42. The summed E-state index contributed by atoms with van der Waals surface area (Å²) in [7, 11) is 0. The topological polar surface area (TPSA) is 80.9 Å². The zero-order chi connectivity index (χ0) is 17.1. The molecule has 0 fully saturated rings. The number of pyridine rings is 1. The van der Waals surface area contributed by atoms with Crippen molar-refractivity contribution < 1.29 is 4.79 Å². The average Bonchev–Trinajstić information content (AvgIpc) is 3.14. The minimum atomic E-state index is 0.0185. The Hall–Kier alpha value is -2.09. The lowest BCUT2D eigenvalue weighted by atomic mass is 10.0. The second-order valence-corrected chi connectivity index (χ2v) is 7.51. The molecule has 0 spiro atoms. The van der Waals surface area contributed by atoms with Crippen LogP contribution in [0.15, 0.2) is 31.1 Å². The first kappa shape index (κ1) is 16.8. The van der Waals surface area contributed by atoms with Gasteiger partial charge in [-0.05, 0) is 37.6 Å². The summed E-state index contributed by atoms with van der Waals surface area (Å²) in [6, 6.07) is 2.01. The molecule has 0 atom stereocenters. The van der Waals surface area contributed by atoms with Crippen LogP contribution in [0.4, 0.5) is 5.00 Å². The van der Waals surface area contributed by atoms with Gasteiger partial charge < -0.3 is 11.1 Å². The van der Waals surface area contributed by atoms with Crippen molar-refractivity contribution in [2.45, 2.75) is 19.9 Å². The zero-order valence-electron chi connectivity index (χ0n) is 13.3. The van der Waals surface area contributed by atoms with Gasteiger partial charge in [0.1, 0.15) is 10.5 Å². The van der Waals surface area contributed by atoms with E-state index < -0.39 is 0 Å². The van der Waals surface area contributed by atoms with E-state index >= 15 is 0 Å². The standard InChI is InChI=1S/C13H12N4S2.C4H6O/c14-12-11(7-1-3-16-6-10(7)18-12)13-17-8-5-15-4-2-9(8)19-13;1-3-4(2)5/h2,4-5,16H,1,3,6,14H2;3H,1H2,2H3. The van der Waals surface area contributed by atoms with E-state index in [1.54, 1.807) is 28.9 Å². The van der Waals surface area contributed by atoms with Crippen molar-refractivity contribution in [1.82, 2.24) is 15.3 Å². The van der Waals surface area contributed by atoms with Gasteiger partial charge in [-0.15, -0.1) is 22.7 Å². The number of aromatic nitrogens is 2. The number of nitrogens with zero attached hydrogens (tertiary/aromatic N) is 2. The molecular formula is C17H18N4OS2. The van der Waals surface area contributed by atoms with Gasteiger partial charge in [0.15, 0.2) is 5.78 Å². The second kappa shape index (κ2) is 7.21. The Labute approximate surface area is 148 Å². The number of ketones is 1. The molecule has 124 valence electrons. The first-order valence-electron chi connectivity index (χ1n) is 7.54. The molecule has 5 nitrogen and oxygen atoms in total. The first-order valence-corrected chi connectivity index (χ1v) is 9.18. The molecule has 4 heterocycles. The molecule has 0 aliphatic carbocycles. The summed E-state index contributed by atoms with van der Waals surface area (Å²) in [5, 5.41) is 5.30. The molecule has 4 rings (SSSR count). The summed E-state index contributed by atoms with van der Waals surface area (Å²) in [6.07, 6.45) is 5.93. The van der Waals surface area contributed by atoms with Gasteiger partial charge in [0.2, 0.25) is 0 Å². The van der Waals surface area contributed by atoms with Gasteiger partial charge in [0.05, 0.1) is 15.9 Å². The van der Waals surface area contributed by atoms with Crippen molar-refractivity contribution in [3.05, 3.63) is 41.6 Å². The SMILES string of the molecule is C=CC(C)=O.Nc1sc2c(c1-c1nc3cnccc3s1)CCNC2. The summed E-state index contributed by atoms with van der Waals surface area (Å²) >= 11 is 3.39. The van der Waals surface area contributed by atoms with Crippen molar-refractivity contribution in [1.29, 1.82) is 0 Å². The molecule has 0 bridgehead atoms. The number of carbonyl (C=O) groups excluding carboxylic acids is 1.